The summed E-state index contributed by atoms with van der Waals surface area (Å²) in [6.45, 7) is 4.19. The number of hydrogen-bond acceptors (Lipinski definition) is 3. The Morgan fingerprint density at radius 1 is 0.410 bits per heavy atom. The maximum Gasteiger partial charge on any atom is 0.220 e. The van der Waals surface area contributed by atoms with Crippen molar-refractivity contribution in [2.24, 2.45) is 0 Å². The van der Waals surface area contributed by atoms with Crippen molar-refractivity contribution in [3.63, 3.8) is 0 Å². The van der Waals surface area contributed by atoms with E-state index in [0.29, 0.717) is 6.42 Å². The molecule has 4 heteroatoms. The molecular formula is C57H103NO3. The number of amides is 1. The highest BCUT2D eigenvalue weighted by molar-refractivity contribution is 5.76. The van der Waals surface area contributed by atoms with Gasteiger partial charge in [0.25, 0.3) is 0 Å². The number of aliphatic hydroxyl groups is 2. The first-order chi connectivity index (χ1) is 30.2. The van der Waals surface area contributed by atoms with Crippen LogP contribution in [-0.2, 0) is 4.79 Å². The van der Waals surface area contributed by atoms with Gasteiger partial charge in [-0.1, -0.05) is 260 Å². The van der Waals surface area contributed by atoms with Crippen LogP contribution in [0.4, 0.5) is 0 Å². The molecule has 0 aromatic carbocycles. The maximum atomic E-state index is 12.4. The number of carbonyl (C=O) groups excluding carboxylic acids is 1. The Morgan fingerprint density at radius 3 is 1.15 bits per heavy atom. The molecule has 0 aliphatic heterocycles. The quantitative estimate of drug-likeness (QED) is 0.0422. The number of carbonyl (C=O) groups is 1. The smallest absolute Gasteiger partial charge is 0.220 e. The van der Waals surface area contributed by atoms with Crippen LogP contribution < -0.4 is 5.32 Å². The van der Waals surface area contributed by atoms with Crippen molar-refractivity contribution >= 4 is 5.91 Å². The predicted octanol–water partition coefficient (Wildman–Crippen LogP) is 17.4. The van der Waals surface area contributed by atoms with Crippen LogP contribution in [0, 0.1) is 0 Å². The molecule has 354 valence electrons. The largest absolute Gasteiger partial charge is 0.394 e. The molecule has 0 bridgehead atoms. The van der Waals surface area contributed by atoms with Crippen molar-refractivity contribution in [2.45, 2.75) is 276 Å². The highest BCUT2D eigenvalue weighted by Crippen LogP contribution is 2.16. The molecule has 2 atom stereocenters. The van der Waals surface area contributed by atoms with Crippen molar-refractivity contribution in [2.75, 3.05) is 6.61 Å². The number of nitrogens with one attached hydrogen (secondary N) is 1. The second-order valence-corrected chi connectivity index (χ2v) is 17.9. The van der Waals surface area contributed by atoms with Gasteiger partial charge in [0.15, 0.2) is 0 Å². The minimum absolute atomic E-state index is 0.0724. The topological polar surface area (TPSA) is 69.6 Å². The van der Waals surface area contributed by atoms with Crippen LogP contribution in [0.5, 0.6) is 0 Å². The molecule has 0 aliphatic rings. The van der Waals surface area contributed by atoms with Gasteiger partial charge < -0.3 is 15.5 Å². The predicted molar refractivity (Wildman–Crippen MR) is 271 cm³/mol. The maximum absolute atomic E-state index is 12.4. The average molecular weight is 850 g/mol. The minimum atomic E-state index is -0.863. The Labute approximate surface area is 380 Å². The van der Waals surface area contributed by atoms with Crippen molar-refractivity contribution in [1.82, 2.24) is 5.32 Å². The fourth-order valence-electron chi connectivity index (χ4n) is 7.89. The molecule has 0 aromatic heterocycles. The molecule has 2 unspecified atom stereocenters. The summed E-state index contributed by atoms with van der Waals surface area (Å²) in [6, 6.07) is -0.640. The molecule has 61 heavy (non-hydrogen) atoms. The molecule has 0 rings (SSSR count). The lowest BCUT2D eigenvalue weighted by Gasteiger charge is -2.19. The molecule has 0 aliphatic carbocycles. The van der Waals surface area contributed by atoms with Crippen LogP contribution in [0.15, 0.2) is 72.9 Å². The van der Waals surface area contributed by atoms with Crippen molar-refractivity contribution in [3.05, 3.63) is 72.9 Å². The van der Waals surface area contributed by atoms with Crippen LogP contribution in [0.3, 0.4) is 0 Å². The van der Waals surface area contributed by atoms with Gasteiger partial charge in [-0.3, -0.25) is 4.79 Å². The third kappa shape index (κ3) is 48.7. The van der Waals surface area contributed by atoms with E-state index in [2.05, 4.69) is 79.9 Å². The van der Waals surface area contributed by atoms with E-state index in [0.717, 1.165) is 57.8 Å². The highest BCUT2D eigenvalue weighted by atomic mass is 16.3. The molecule has 0 spiro atoms. The Bertz CT molecular complexity index is 1050. The first kappa shape index (κ1) is 58.8. The summed E-state index contributed by atoms with van der Waals surface area (Å²) >= 11 is 0. The van der Waals surface area contributed by atoms with Gasteiger partial charge in [0, 0.05) is 6.42 Å². The van der Waals surface area contributed by atoms with E-state index < -0.39 is 12.1 Å². The van der Waals surface area contributed by atoms with E-state index in [-0.39, 0.29) is 12.5 Å². The zero-order chi connectivity index (χ0) is 44.2. The lowest BCUT2D eigenvalue weighted by molar-refractivity contribution is -0.123. The van der Waals surface area contributed by atoms with Gasteiger partial charge in [0.1, 0.15) is 0 Å². The molecule has 1 amide bonds. The van der Waals surface area contributed by atoms with Crippen molar-refractivity contribution < 1.29 is 15.0 Å². The van der Waals surface area contributed by atoms with Crippen molar-refractivity contribution in [3.8, 4) is 0 Å². The van der Waals surface area contributed by atoms with E-state index in [9.17, 15) is 15.0 Å². The Hall–Kier alpha value is -2.17. The molecule has 0 heterocycles. The average Bonchev–Trinajstić information content (AvgIpc) is 3.26. The zero-order valence-corrected chi connectivity index (χ0v) is 40.7. The summed E-state index contributed by atoms with van der Waals surface area (Å²) in [4.78, 5) is 12.4. The van der Waals surface area contributed by atoms with Gasteiger partial charge in [-0.15, -0.1) is 0 Å². The van der Waals surface area contributed by atoms with Crippen LogP contribution >= 0.6 is 0 Å². The van der Waals surface area contributed by atoms with E-state index in [1.807, 2.05) is 6.08 Å². The number of hydrogen-bond donors (Lipinski definition) is 3. The Balaban J connectivity index is 3.49. The summed E-state index contributed by atoms with van der Waals surface area (Å²) in [6.07, 6.45) is 74.8. The van der Waals surface area contributed by atoms with Crippen molar-refractivity contribution in [1.29, 1.82) is 0 Å². The SMILES string of the molecule is CC/C=C\C/C=C\C/C=C\C/C=C\CCCCCCCCCCCCCCCCCCCCCCC(=O)NC(CO)C(O)/C=C/CC/C=C/CCCCCCCCCCCC. The van der Waals surface area contributed by atoms with E-state index in [4.69, 9.17) is 0 Å². The number of unbranched alkanes of at least 4 members (excludes halogenated alkanes) is 31. The molecular weight excluding hydrogens is 747 g/mol. The first-order valence-corrected chi connectivity index (χ1v) is 26.7. The van der Waals surface area contributed by atoms with Crippen LogP contribution in [0.2, 0.25) is 0 Å². The lowest BCUT2D eigenvalue weighted by Crippen LogP contribution is -2.45. The van der Waals surface area contributed by atoms with E-state index in [1.165, 1.54) is 186 Å². The van der Waals surface area contributed by atoms with Gasteiger partial charge in [-0.25, -0.2) is 0 Å². The molecule has 0 fully saturated rings. The van der Waals surface area contributed by atoms with Gasteiger partial charge in [-0.2, -0.15) is 0 Å². The monoisotopic (exact) mass is 850 g/mol. The zero-order valence-electron chi connectivity index (χ0n) is 40.7. The summed E-state index contributed by atoms with van der Waals surface area (Å²) in [5, 5.41) is 23.1. The van der Waals surface area contributed by atoms with Crippen LogP contribution in [0.1, 0.15) is 264 Å². The number of rotatable bonds is 48. The first-order valence-electron chi connectivity index (χ1n) is 26.7. The van der Waals surface area contributed by atoms with Gasteiger partial charge in [-0.05, 0) is 70.6 Å². The lowest BCUT2D eigenvalue weighted by atomic mass is 10.0. The Morgan fingerprint density at radius 2 is 0.738 bits per heavy atom. The molecule has 0 radical (unpaired) electrons. The summed E-state index contributed by atoms with van der Waals surface area (Å²) in [5.41, 5.74) is 0. The van der Waals surface area contributed by atoms with Crippen LogP contribution in [-0.4, -0.2) is 34.9 Å². The molecule has 0 saturated heterocycles. The van der Waals surface area contributed by atoms with E-state index in [1.54, 1.807) is 6.08 Å². The summed E-state index contributed by atoms with van der Waals surface area (Å²) in [5.74, 6) is -0.0724. The number of aliphatic hydroxyl groups excluding tert-OH is 2. The fourth-order valence-corrected chi connectivity index (χ4v) is 7.89. The minimum Gasteiger partial charge on any atom is -0.394 e. The fraction of sp³-hybridized carbons (Fsp3) is 0.772. The molecule has 4 nitrogen and oxygen atoms in total. The third-order valence-corrected chi connectivity index (χ3v) is 11.9. The second kappa shape index (κ2) is 52.2. The van der Waals surface area contributed by atoms with E-state index >= 15 is 0 Å². The Kier molecular flexibility index (Phi) is 50.3. The second-order valence-electron chi connectivity index (χ2n) is 17.9. The number of allylic oxidation sites excluding steroid dienone is 11. The van der Waals surface area contributed by atoms with Gasteiger partial charge in [0.05, 0.1) is 18.8 Å². The summed E-state index contributed by atoms with van der Waals surface area (Å²) < 4.78 is 0. The van der Waals surface area contributed by atoms with Crippen LogP contribution in [0.25, 0.3) is 0 Å². The standard InChI is InChI=1S/C57H103NO3/c1-3-5-7-9-11-13-15-17-19-21-22-23-24-25-26-27-28-29-30-31-32-33-34-35-36-37-39-41-43-45-47-49-51-53-57(61)58-55(54-59)56(60)52-50-48-46-44-42-40-38-20-18-16-14-12-10-8-6-4-2/h5,7,11,13,17,19,22-23,42,44,50,52,55-56,59-60H,3-4,6,8-10,12,14-16,18,20-21,24-41,43,45-49,51,53-54H2,1-2H3,(H,58,61)/b7-5-,13-11-,19-17-,23-22-,44-42+,52-50+. The third-order valence-electron chi connectivity index (χ3n) is 11.9. The normalized spacial score (nSPS) is 13.4. The highest BCUT2D eigenvalue weighted by Gasteiger charge is 2.17. The molecule has 0 saturated carbocycles. The van der Waals surface area contributed by atoms with Gasteiger partial charge in [0.2, 0.25) is 5.91 Å². The van der Waals surface area contributed by atoms with Gasteiger partial charge >= 0.3 is 0 Å². The molecule has 0 aromatic rings. The summed E-state index contributed by atoms with van der Waals surface area (Å²) in [7, 11) is 0. The molecule has 3 N–H and O–H groups in total.